The van der Waals surface area contributed by atoms with Gasteiger partial charge in [0, 0.05) is 23.6 Å². The number of esters is 1. The maximum atomic E-state index is 12.0. The van der Waals surface area contributed by atoms with E-state index in [0.29, 0.717) is 6.42 Å². The number of aliphatic hydroxyl groups excluding tert-OH is 2. The maximum absolute atomic E-state index is 12.0. The molecule has 4 atom stereocenters. The van der Waals surface area contributed by atoms with E-state index in [1.165, 1.54) is 0 Å². The third-order valence-corrected chi connectivity index (χ3v) is 4.67. The van der Waals surface area contributed by atoms with Gasteiger partial charge in [-0.3, -0.25) is 19.1 Å². The van der Waals surface area contributed by atoms with Gasteiger partial charge in [0.1, 0.15) is 18.8 Å². The molecule has 0 radical (unpaired) electrons. The van der Waals surface area contributed by atoms with Gasteiger partial charge in [0.25, 0.3) is 5.56 Å². The van der Waals surface area contributed by atoms with Crippen LogP contribution < -0.4 is 11.2 Å². The average Bonchev–Trinajstić information content (AvgIpc) is 2.92. The zero-order valence-corrected chi connectivity index (χ0v) is 16.1. The van der Waals surface area contributed by atoms with Crippen LogP contribution in [-0.2, 0) is 14.3 Å². The minimum atomic E-state index is -2.12. The number of unbranched alkanes of at least 4 members (excludes halogenated alkanes) is 4. The monoisotopic (exact) mass is 411 g/mol. The van der Waals surface area contributed by atoms with Crippen LogP contribution in [0.1, 0.15) is 51.7 Å². The Morgan fingerprint density at radius 1 is 1.38 bits per heavy atom. The lowest BCUT2D eigenvalue weighted by Gasteiger charge is -2.26. The van der Waals surface area contributed by atoms with Gasteiger partial charge in [0.2, 0.25) is 5.72 Å². The highest BCUT2D eigenvalue weighted by atomic mass is 16.6. The molecule has 0 bridgehead atoms. The molecule has 12 heteroatoms. The van der Waals surface area contributed by atoms with Crippen molar-refractivity contribution in [2.45, 2.75) is 69.6 Å². The second-order valence-electron chi connectivity index (χ2n) is 6.82. The highest BCUT2D eigenvalue weighted by Gasteiger charge is 2.56. The average molecular weight is 411 g/mol. The van der Waals surface area contributed by atoms with E-state index in [2.05, 4.69) is 16.9 Å². The summed E-state index contributed by atoms with van der Waals surface area (Å²) in [5.74, 6) is -0.566. The second-order valence-corrected chi connectivity index (χ2v) is 6.82. The summed E-state index contributed by atoms with van der Waals surface area (Å²) >= 11 is 0. The quantitative estimate of drug-likeness (QED) is 0.166. The van der Waals surface area contributed by atoms with E-state index in [9.17, 15) is 24.6 Å². The molecular formula is C17H25N5O7. The number of hydrogen-bond acceptors (Lipinski definition) is 8. The van der Waals surface area contributed by atoms with Gasteiger partial charge >= 0.3 is 11.7 Å². The normalized spacial score (nSPS) is 26.1. The Morgan fingerprint density at radius 2 is 2.10 bits per heavy atom. The Labute approximate surface area is 165 Å². The van der Waals surface area contributed by atoms with Crippen LogP contribution in [0.25, 0.3) is 10.4 Å². The number of ether oxygens (including phenoxy) is 2. The first-order chi connectivity index (χ1) is 13.8. The van der Waals surface area contributed by atoms with Crippen molar-refractivity contribution < 1.29 is 24.5 Å². The van der Waals surface area contributed by atoms with E-state index in [1.807, 2.05) is 4.98 Å². The molecule has 1 aromatic rings. The number of carbonyl (C=O) groups is 1. The van der Waals surface area contributed by atoms with E-state index in [0.717, 1.165) is 42.5 Å². The smallest absolute Gasteiger partial charge is 0.330 e. The number of H-pyrrole nitrogens is 1. The number of azide groups is 1. The lowest BCUT2D eigenvalue weighted by Crippen LogP contribution is -2.45. The topological polar surface area (TPSA) is 180 Å². The summed E-state index contributed by atoms with van der Waals surface area (Å²) in [5.41, 5.74) is 5.19. The molecule has 0 spiro atoms. The van der Waals surface area contributed by atoms with Crippen LogP contribution >= 0.6 is 0 Å². The number of aromatic amines is 1. The Bertz CT molecular complexity index is 862. The van der Waals surface area contributed by atoms with Gasteiger partial charge in [-0.05, 0) is 12.0 Å². The van der Waals surface area contributed by atoms with Gasteiger partial charge < -0.3 is 19.7 Å². The van der Waals surface area contributed by atoms with E-state index >= 15 is 0 Å². The SMILES string of the molecule is CCCCCCCC(=O)OC[C@@]1(N=[N+]=[N-])O[C@@H](n2ccc(=O)[nH]c2=O)[C@H](O)[C@@H]1O. The summed E-state index contributed by atoms with van der Waals surface area (Å²) in [6, 6.07) is 1.02. The second kappa shape index (κ2) is 10.2. The fourth-order valence-electron chi connectivity index (χ4n) is 3.06. The number of nitrogens with zero attached hydrogens (tertiary/aromatic N) is 4. The van der Waals surface area contributed by atoms with E-state index in [4.69, 9.17) is 15.0 Å². The van der Waals surface area contributed by atoms with Crippen molar-refractivity contribution in [3.8, 4) is 0 Å². The molecular weight excluding hydrogens is 386 g/mol. The van der Waals surface area contributed by atoms with Gasteiger partial charge in [0.15, 0.2) is 6.23 Å². The van der Waals surface area contributed by atoms with Crippen molar-refractivity contribution >= 4 is 5.97 Å². The molecule has 29 heavy (non-hydrogen) atoms. The summed E-state index contributed by atoms with van der Waals surface area (Å²) < 4.78 is 11.4. The van der Waals surface area contributed by atoms with Crippen molar-refractivity contribution in [2.75, 3.05) is 6.61 Å². The van der Waals surface area contributed by atoms with Gasteiger partial charge in [-0.2, -0.15) is 0 Å². The van der Waals surface area contributed by atoms with Gasteiger partial charge in [-0.1, -0.05) is 37.7 Å². The Balaban J connectivity index is 2.08. The Hall–Kier alpha value is -2.66. The van der Waals surface area contributed by atoms with Crippen molar-refractivity contribution in [1.82, 2.24) is 9.55 Å². The lowest BCUT2D eigenvalue weighted by molar-refractivity contribution is -0.165. The molecule has 3 N–H and O–H groups in total. The fourth-order valence-corrected chi connectivity index (χ4v) is 3.06. The number of aliphatic hydroxyl groups is 2. The third kappa shape index (κ3) is 5.45. The Kier molecular flexibility index (Phi) is 7.97. The summed E-state index contributed by atoms with van der Waals surface area (Å²) in [6.45, 7) is 1.44. The van der Waals surface area contributed by atoms with Crippen LogP contribution in [0.15, 0.2) is 27.0 Å². The minimum absolute atomic E-state index is 0.150. The molecule has 0 aliphatic carbocycles. The number of carbonyl (C=O) groups excluding carboxylic acids is 1. The van der Waals surface area contributed by atoms with Crippen LogP contribution in [0.3, 0.4) is 0 Å². The first-order valence-corrected chi connectivity index (χ1v) is 9.42. The lowest BCUT2D eigenvalue weighted by atomic mass is 10.1. The van der Waals surface area contributed by atoms with E-state index in [1.54, 1.807) is 0 Å². The molecule has 0 saturated carbocycles. The molecule has 160 valence electrons. The molecule has 0 unspecified atom stereocenters. The summed E-state index contributed by atoms with van der Waals surface area (Å²) in [7, 11) is 0. The summed E-state index contributed by atoms with van der Waals surface area (Å²) in [6.07, 6.45) is 0.969. The summed E-state index contributed by atoms with van der Waals surface area (Å²) in [5, 5.41) is 24.1. The Morgan fingerprint density at radius 3 is 2.76 bits per heavy atom. The molecule has 1 aromatic heterocycles. The molecule has 0 amide bonds. The molecule has 0 aromatic carbocycles. The number of aromatic nitrogens is 2. The molecule has 1 aliphatic rings. The van der Waals surface area contributed by atoms with Crippen LogP contribution in [-0.4, -0.2) is 50.3 Å². The maximum Gasteiger partial charge on any atom is 0.330 e. The van der Waals surface area contributed by atoms with Crippen molar-refractivity contribution in [3.63, 3.8) is 0 Å². The first-order valence-electron chi connectivity index (χ1n) is 9.42. The van der Waals surface area contributed by atoms with Gasteiger partial charge in [-0.25, -0.2) is 4.79 Å². The van der Waals surface area contributed by atoms with Crippen molar-refractivity contribution in [2.24, 2.45) is 5.11 Å². The van der Waals surface area contributed by atoms with Crippen LogP contribution in [0.4, 0.5) is 0 Å². The van der Waals surface area contributed by atoms with Crippen LogP contribution in [0, 0.1) is 0 Å². The predicted octanol–water partition coefficient (Wildman–Crippen LogP) is 0.697. The molecule has 2 rings (SSSR count). The predicted molar refractivity (Wildman–Crippen MR) is 99.7 cm³/mol. The zero-order valence-electron chi connectivity index (χ0n) is 16.1. The molecule has 1 fully saturated rings. The highest BCUT2D eigenvalue weighted by molar-refractivity contribution is 5.69. The van der Waals surface area contributed by atoms with Crippen molar-refractivity contribution in [3.05, 3.63) is 43.5 Å². The first kappa shape index (κ1) is 22.6. The molecule has 1 aliphatic heterocycles. The number of hydrogen-bond donors (Lipinski definition) is 3. The molecule has 12 nitrogen and oxygen atoms in total. The third-order valence-electron chi connectivity index (χ3n) is 4.67. The molecule has 1 saturated heterocycles. The molecule has 2 heterocycles. The van der Waals surface area contributed by atoms with Gasteiger partial charge in [-0.15, -0.1) is 0 Å². The minimum Gasteiger partial charge on any atom is -0.462 e. The number of nitrogens with one attached hydrogen (secondary N) is 1. The van der Waals surface area contributed by atoms with Crippen LogP contribution in [0.5, 0.6) is 0 Å². The highest BCUT2D eigenvalue weighted by Crippen LogP contribution is 2.38. The van der Waals surface area contributed by atoms with Gasteiger partial charge in [0.05, 0.1) is 0 Å². The van der Waals surface area contributed by atoms with E-state index < -0.39 is 48.0 Å². The summed E-state index contributed by atoms with van der Waals surface area (Å²) in [4.78, 5) is 39.7. The fraction of sp³-hybridized carbons (Fsp3) is 0.706. The standard InChI is InChI=1S/C17H25N5O7/c1-2-3-4-5-6-7-12(24)28-10-17(20-21-18)14(26)13(25)15(29-17)22-9-8-11(23)19-16(22)27/h8-9,13-15,25-26H,2-7,10H2,1H3,(H,19,23,27)/t13-,14+,15-,17-/m1/s1. The van der Waals surface area contributed by atoms with Crippen LogP contribution in [0.2, 0.25) is 0 Å². The zero-order chi connectivity index (χ0) is 21.4. The largest absolute Gasteiger partial charge is 0.462 e. The van der Waals surface area contributed by atoms with E-state index in [-0.39, 0.29) is 6.42 Å². The van der Waals surface area contributed by atoms with Crippen molar-refractivity contribution in [1.29, 1.82) is 0 Å². The number of rotatable bonds is 10.